The smallest absolute Gasteiger partial charge is 0.367 e. The molecule has 8 heteroatoms. The van der Waals surface area contributed by atoms with Crippen molar-refractivity contribution in [2.75, 3.05) is 6.61 Å². The molecule has 0 fully saturated rings. The van der Waals surface area contributed by atoms with Crippen LogP contribution in [0.3, 0.4) is 0 Å². The maximum absolute atomic E-state index is 13.7. The molecule has 0 spiro atoms. The second-order valence-electron chi connectivity index (χ2n) is 7.83. The third-order valence-corrected chi connectivity index (χ3v) is 7.54. The predicted molar refractivity (Wildman–Crippen MR) is 125 cm³/mol. The van der Waals surface area contributed by atoms with Crippen molar-refractivity contribution in [1.82, 2.24) is 9.55 Å². The Labute approximate surface area is 189 Å². The summed E-state index contributed by atoms with van der Waals surface area (Å²) in [6, 6.07) is 9.84. The lowest BCUT2D eigenvalue weighted by atomic mass is 9.90. The highest BCUT2D eigenvalue weighted by Gasteiger charge is 2.33. The monoisotopic (exact) mass is 458 g/mol. The maximum atomic E-state index is 13.7. The van der Waals surface area contributed by atoms with Crippen molar-refractivity contribution >= 4 is 38.6 Å². The van der Waals surface area contributed by atoms with Gasteiger partial charge in [0.25, 0.3) is 5.56 Å². The summed E-state index contributed by atoms with van der Waals surface area (Å²) in [5.41, 5.74) is 1.76. The van der Waals surface area contributed by atoms with E-state index in [0.29, 0.717) is 37.4 Å². The van der Waals surface area contributed by atoms with Crippen molar-refractivity contribution in [1.29, 1.82) is 0 Å². The van der Waals surface area contributed by atoms with Gasteiger partial charge in [0.15, 0.2) is 0 Å². The van der Waals surface area contributed by atoms with Crippen LogP contribution in [0.1, 0.15) is 49.0 Å². The summed E-state index contributed by atoms with van der Waals surface area (Å²) < 4.78 is 12.8. The molecule has 0 radical (unpaired) electrons. The molecule has 4 rings (SSSR count). The lowest BCUT2D eigenvalue weighted by Gasteiger charge is -2.32. The number of hydrogen-bond acceptors (Lipinski definition) is 7. The van der Waals surface area contributed by atoms with E-state index in [-0.39, 0.29) is 22.2 Å². The summed E-state index contributed by atoms with van der Waals surface area (Å²) in [6.07, 6.45) is 1.59. The molecule has 0 saturated carbocycles. The van der Waals surface area contributed by atoms with E-state index in [9.17, 15) is 9.59 Å². The Morgan fingerprint density at radius 2 is 2.10 bits per heavy atom. The van der Waals surface area contributed by atoms with Gasteiger partial charge in [0.1, 0.15) is 10.7 Å². The van der Waals surface area contributed by atoms with Gasteiger partial charge in [-0.25, -0.2) is 9.78 Å². The number of nitrogens with zero attached hydrogens (tertiary/aromatic N) is 2. The summed E-state index contributed by atoms with van der Waals surface area (Å²) in [6.45, 7) is 7.22. The average molecular weight is 459 g/mol. The van der Waals surface area contributed by atoms with E-state index < -0.39 is 0 Å². The summed E-state index contributed by atoms with van der Waals surface area (Å²) in [4.78, 5) is 32.3. The van der Waals surface area contributed by atoms with Gasteiger partial charge in [0.2, 0.25) is 0 Å². The fourth-order valence-corrected chi connectivity index (χ4v) is 5.53. The number of fused-ring (bicyclic) bond motifs is 3. The number of carbonyl (C=O) groups excluding carboxylic acids is 1. The van der Waals surface area contributed by atoms with E-state index in [4.69, 9.17) is 14.5 Å². The quantitative estimate of drug-likeness (QED) is 0.477. The molecule has 1 unspecified atom stereocenters. The third-order valence-electron chi connectivity index (χ3n) is 5.69. The van der Waals surface area contributed by atoms with Crippen LogP contribution in [0.25, 0.3) is 10.2 Å². The number of carbonyl (C=O) groups is 1. The Bertz CT molecular complexity index is 1160. The van der Waals surface area contributed by atoms with Crippen molar-refractivity contribution < 1.29 is 14.3 Å². The van der Waals surface area contributed by atoms with Gasteiger partial charge in [-0.05, 0) is 43.2 Å². The van der Waals surface area contributed by atoms with E-state index in [2.05, 4.69) is 13.8 Å². The summed E-state index contributed by atoms with van der Waals surface area (Å²) in [7, 11) is 0. The molecule has 6 nitrogen and oxygen atoms in total. The minimum atomic E-state index is -0.360. The zero-order valence-electron chi connectivity index (χ0n) is 18.0. The predicted octanol–water partition coefficient (Wildman–Crippen LogP) is 5.14. The minimum absolute atomic E-state index is 0.0498. The van der Waals surface area contributed by atoms with Gasteiger partial charge < -0.3 is 9.47 Å². The van der Waals surface area contributed by atoms with Crippen LogP contribution in [-0.2, 0) is 34.8 Å². The van der Waals surface area contributed by atoms with Gasteiger partial charge in [-0.15, -0.1) is 11.3 Å². The summed E-state index contributed by atoms with van der Waals surface area (Å²) in [5.74, 6) is 0.861. The third kappa shape index (κ3) is 4.56. The molecule has 0 amide bonds. The van der Waals surface area contributed by atoms with Gasteiger partial charge in [-0.2, -0.15) is 0 Å². The van der Waals surface area contributed by atoms with Gasteiger partial charge in [0, 0.05) is 11.3 Å². The van der Waals surface area contributed by atoms with E-state index in [1.54, 1.807) is 11.5 Å². The molecule has 164 valence electrons. The molecule has 1 aromatic carbocycles. The molecular formula is C23H26N2O4S2. The van der Waals surface area contributed by atoms with Crippen LogP contribution in [0.4, 0.5) is 4.79 Å². The van der Waals surface area contributed by atoms with Crippen LogP contribution in [0.15, 0.2) is 35.1 Å². The molecule has 1 aliphatic rings. The Kier molecular flexibility index (Phi) is 6.50. The molecule has 31 heavy (non-hydrogen) atoms. The molecule has 0 saturated heterocycles. The second kappa shape index (κ2) is 9.14. The van der Waals surface area contributed by atoms with Crippen LogP contribution < -0.4 is 5.56 Å². The summed E-state index contributed by atoms with van der Waals surface area (Å²) in [5, 5.41) is 0.337. The highest BCUT2D eigenvalue weighted by molar-refractivity contribution is 8.12. The van der Waals surface area contributed by atoms with E-state index >= 15 is 0 Å². The Balaban J connectivity index is 1.81. The van der Waals surface area contributed by atoms with Crippen molar-refractivity contribution in [2.24, 2.45) is 0 Å². The van der Waals surface area contributed by atoms with Gasteiger partial charge in [-0.1, -0.05) is 37.3 Å². The fraction of sp³-hybridized carbons (Fsp3) is 0.435. The first-order chi connectivity index (χ1) is 14.9. The number of benzene rings is 1. The Morgan fingerprint density at radius 1 is 1.32 bits per heavy atom. The minimum Gasteiger partial charge on any atom is -0.458 e. The van der Waals surface area contributed by atoms with Crippen molar-refractivity contribution in [3.63, 3.8) is 0 Å². The lowest BCUT2D eigenvalue weighted by molar-refractivity contribution is -0.0543. The molecule has 1 atom stereocenters. The van der Waals surface area contributed by atoms with Crippen molar-refractivity contribution in [3.8, 4) is 0 Å². The first-order valence-corrected chi connectivity index (χ1v) is 12.3. The number of ether oxygens (including phenoxy) is 2. The Morgan fingerprint density at radius 3 is 2.81 bits per heavy atom. The number of rotatable bonds is 6. The number of hydrogen-bond donors (Lipinski definition) is 0. The van der Waals surface area contributed by atoms with Crippen LogP contribution in [-0.4, -0.2) is 27.1 Å². The lowest BCUT2D eigenvalue weighted by Crippen LogP contribution is -2.35. The number of thiophene rings is 1. The molecular weight excluding hydrogens is 432 g/mol. The topological polar surface area (TPSA) is 70.4 Å². The highest BCUT2D eigenvalue weighted by Crippen LogP contribution is 2.38. The fourth-order valence-electron chi connectivity index (χ4n) is 3.74. The Hall–Kier alpha value is -2.16. The van der Waals surface area contributed by atoms with Crippen LogP contribution >= 0.6 is 23.1 Å². The zero-order valence-corrected chi connectivity index (χ0v) is 19.6. The highest BCUT2D eigenvalue weighted by atomic mass is 32.2. The molecule has 0 bridgehead atoms. The van der Waals surface area contributed by atoms with Crippen molar-refractivity contribution in [3.05, 3.63) is 62.5 Å². The normalized spacial score (nSPS) is 18.2. The maximum Gasteiger partial charge on any atom is 0.367 e. The zero-order chi connectivity index (χ0) is 22.0. The molecule has 0 aliphatic carbocycles. The van der Waals surface area contributed by atoms with Crippen LogP contribution in [0.2, 0.25) is 0 Å². The first-order valence-electron chi connectivity index (χ1n) is 10.5. The molecule has 0 N–H and O–H groups in total. The van der Waals surface area contributed by atoms with Gasteiger partial charge >= 0.3 is 5.30 Å². The van der Waals surface area contributed by atoms with Crippen LogP contribution in [0, 0.1) is 0 Å². The molecule has 2 aromatic heterocycles. The van der Waals surface area contributed by atoms with E-state index in [0.717, 1.165) is 39.0 Å². The van der Waals surface area contributed by atoms with Crippen molar-refractivity contribution in [2.45, 2.75) is 58.1 Å². The van der Waals surface area contributed by atoms with Gasteiger partial charge in [0.05, 0.1) is 36.5 Å². The standard InChI is InChI=1S/C23H26N2O4S2/c1-4-23(3)11-16-17(13-29-23)31-20-19(16)21(26)25(12-15-9-7-6-8-10-15)18(24-20)14-30-22(27)28-5-2/h6-10H,4-5,11-14H2,1-3H3. The average Bonchev–Trinajstić information content (AvgIpc) is 3.12. The molecule has 1 aliphatic heterocycles. The van der Waals surface area contributed by atoms with E-state index in [1.165, 1.54) is 11.3 Å². The SMILES string of the molecule is CCOC(=O)SCc1nc2sc3c(c2c(=O)n1Cc1ccccc1)CC(C)(CC)OC3. The molecule has 3 heterocycles. The van der Waals surface area contributed by atoms with E-state index in [1.807, 2.05) is 30.3 Å². The first kappa shape index (κ1) is 22.0. The largest absolute Gasteiger partial charge is 0.458 e. The number of aromatic nitrogens is 2. The summed E-state index contributed by atoms with van der Waals surface area (Å²) >= 11 is 2.55. The van der Waals surface area contributed by atoms with Gasteiger partial charge in [-0.3, -0.25) is 9.36 Å². The second-order valence-corrected chi connectivity index (χ2v) is 9.82. The molecule has 3 aromatic rings. The number of thioether (sulfide) groups is 1. The van der Waals surface area contributed by atoms with Crippen LogP contribution in [0.5, 0.6) is 0 Å².